The predicted octanol–water partition coefficient (Wildman–Crippen LogP) is 0.716. The molecule has 0 saturated carbocycles. The van der Waals surface area contributed by atoms with Crippen molar-refractivity contribution in [2.75, 3.05) is 30.6 Å². The van der Waals surface area contributed by atoms with Gasteiger partial charge in [-0.2, -0.15) is 21.1 Å². The second kappa shape index (κ2) is 11.1. The molecular weight excluding hydrogens is 557 g/mol. The van der Waals surface area contributed by atoms with E-state index in [1.54, 1.807) is 11.8 Å². The molecular formula is C17H18N8O5S5. The minimum atomic E-state index is -1.20. The number of fused-ring (bicyclic) bond motifs is 1. The predicted molar refractivity (Wildman–Crippen MR) is 135 cm³/mol. The maximum absolute atomic E-state index is 12.9. The fraction of sp³-hybridized carbons (Fsp3) is 0.412. The molecule has 2 atom stereocenters. The molecule has 13 nitrogen and oxygen atoms in total. The number of nitrogen functional groups attached to an aromatic ring is 1. The molecule has 2 aliphatic rings. The zero-order valence-corrected chi connectivity index (χ0v) is 22.2. The number of anilines is 1. The number of carbonyl (C=O) groups excluding carboxylic acids is 2. The summed E-state index contributed by atoms with van der Waals surface area (Å²) in [5, 5.41) is 24.8. The number of hydrogen-bond donors (Lipinski definition) is 3. The van der Waals surface area contributed by atoms with Crippen molar-refractivity contribution < 1.29 is 24.3 Å². The Kier molecular flexibility index (Phi) is 8.15. The van der Waals surface area contributed by atoms with E-state index in [1.165, 1.54) is 46.9 Å². The molecule has 0 aliphatic carbocycles. The fourth-order valence-corrected chi connectivity index (χ4v) is 7.74. The first-order chi connectivity index (χ1) is 16.8. The molecule has 35 heavy (non-hydrogen) atoms. The molecule has 0 aromatic carbocycles. The molecule has 186 valence electrons. The lowest BCUT2D eigenvalue weighted by Gasteiger charge is -2.49. The van der Waals surface area contributed by atoms with Crippen LogP contribution in [0.4, 0.5) is 5.13 Å². The van der Waals surface area contributed by atoms with Crippen LogP contribution < -0.4 is 11.1 Å². The van der Waals surface area contributed by atoms with E-state index in [0.717, 1.165) is 26.6 Å². The Morgan fingerprint density at radius 2 is 2.17 bits per heavy atom. The normalized spacial score (nSPS) is 19.9. The van der Waals surface area contributed by atoms with Gasteiger partial charge in [-0.1, -0.05) is 28.3 Å². The van der Waals surface area contributed by atoms with E-state index in [-0.39, 0.29) is 22.4 Å². The summed E-state index contributed by atoms with van der Waals surface area (Å²) in [4.78, 5) is 47.6. The first-order valence-corrected chi connectivity index (χ1v) is 14.7. The molecule has 2 aromatic rings. The van der Waals surface area contributed by atoms with Crippen LogP contribution in [0.2, 0.25) is 0 Å². The summed E-state index contributed by atoms with van der Waals surface area (Å²) in [6.45, 7) is 0. The van der Waals surface area contributed by atoms with Crippen LogP contribution in [0.3, 0.4) is 0 Å². The molecule has 4 rings (SSSR count). The van der Waals surface area contributed by atoms with Gasteiger partial charge in [-0.05, 0) is 11.8 Å². The molecule has 0 bridgehead atoms. The average Bonchev–Trinajstić information content (AvgIpc) is 3.47. The standard InChI is InChI=1S/C17H18N8O5S5/c1-30-23-8(11-20-16(18)35-24-11)12(26)19-9-13(27)25-10(15(28)29)6(3-32-14(9)25)4-33-17-22-21-7(34-17)5-31-2/h9,14H,3-5H2,1-2H3,(H,19,26)(H,28,29)(H2,18,20,24)/t9?,14-/m1/s1. The maximum atomic E-state index is 12.9. The Morgan fingerprint density at radius 3 is 2.83 bits per heavy atom. The molecule has 4 N–H and O–H groups in total. The van der Waals surface area contributed by atoms with Crippen LogP contribution >= 0.6 is 58.2 Å². The van der Waals surface area contributed by atoms with Crippen LogP contribution in [0, 0.1) is 0 Å². The molecule has 4 heterocycles. The zero-order valence-electron chi connectivity index (χ0n) is 18.2. The highest BCUT2D eigenvalue weighted by Crippen LogP contribution is 2.41. The smallest absolute Gasteiger partial charge is 0.352 e. The summed E-state index contributed by atoms with van der Waals surface area (Å²) in [5.41, 5.74) is 5.88. The third-order valence-corrected chi connectivity index (χ3v) is 9.44. The summed E-state index contributed by atoms with van der Waals surface area (Å²) < 4.78 is 4.68. The number of hydrogen-bond acceptors (Lipinski definition) is 15. The van der Waals surface area contributed by atoms with Gasteiger partial charge in [0.1, 0.15) is 29.2 Å². The summed E-state index contributed by atoms with van der Waals surface area (Å²) in [6.07, 6.45) is 1.98. The van der Waals surface area contributed by atoms with Gasteiger partial charge < -0.3 is 21.0 Å². The van der Waals surface area contributed by atoms with Crippen molar-refractivity contribution in [3.63, 3.8) is 0 Å². The number of amides is 2. The largest absolute Gasteiger partial charge is 0.477 e. The number of carbonyl (C=O) groups is 3. The van der Waals surface area contributed by atoms with Gasteiger partial charge in [0.2, 0.25) is 11.5 Å². The van der Waals surface area contributed by atoms with Crippen LogP contribution in [0.5, 0.6) is 0 Å². The maximum Gasteiger partial charge on any atom is 0.352 e. The zero-order chi connectivity index (χ0) is 25.1. The van der Waals surface area contributed by atoms with Gasteiger partial charge in [0.05, 0.1) is 0 Å². The van der Waals surface area contributed by atoms with Crippen LogP contribution in [0.25, 0.3) is 0 Å². The summed E-state index contributed by atoms with van der Waals surface area (Å²) in [5.74, 6) is -0.995. The van der Waals surface area contributed by atoms with Crippen LogP contribution in [0.15, 0.2) is 20.8 Å². The number of oxime groups is 1. The van der Waals surface area contributed by atoms with E-state index in [2.05, 4.69) is 30.0 Å². The fourth-order valence-electron chi connectivity index (χ4n) is 3.24. The van der Waals surface area contributed by atoms with Crippen LogP contribution in [0.1, 0.15) is 10.8 Å². The van der Waals surface area contributed by atoms with Crippen molar-refractivity contribution in [1.29, 1.82) is 0 Å². The second-order valence-corrected chi connectivity index (χ2v) is 11.9. The van der Waals surface area contributed by atoms with Gasteiger partial charge in [-0.25, -0.2) is 4.79 Å². The lowest BCUT2D eigenvalue weighted by Crippen LogP contribution is -2.71. The third kappa shape index (κ3) is 5.40. The van der Waals surface area contributed by atoms with E-state index < -0.39 is 29.2 Å². The molecule has 18 heteroatoms. The van der Waals surface area contributed by atoms with Crippen molar-refractivity contribution in [3.05, 3.63) is 22.1 Å². The van der Waals surface area contributed by atoms with Crippen molar-refractivity contribution in [2.45, 2.75) is 21.5 Å². The van der Waals surface area contributed by atoms with Crippen molar-refractivity contribution in [3.8, 4) is 0 Å². The summed E-state index contributed by atoms with van der Waals surface area (Å²) >= 11 is 6.74. The number of thioether (sulfide) groups is 3. The Hall–Kier alpha value is -2.41. The highest BCUT2D eigenvalue weighted by molar-refractivity contribution is 8.02. The van der Waals surface area contributed by atoms with Gasteiger partial charge in [0.25, 0.3) is 11.8 Å². The number of nitrogens with zero attached hydrogens (tertiary/aromatic N) is 6. The number of rotatable bonds is 10. The molecule has 1 unspecified atom stereocenters. The lowest BCUT2D eigenvalue weighted by molar-refractivity contribution is -0.150. The Labute approximate surface area is 219 Å². The summed E-state index contributed by atoms with van der Waals surface area (Å²) in [7, 11) is 1.26. The van der Waals surface area contributed by atoms with E-state index in [9.17, 15) is 19.5 Å². The van der Waals surface area contributed by atoms with Crippen molar-refractivity contribution in [2.24, 2.45) is 5.16 Å². The monoisotopic (exact) mass is 574 g/mol. The van der Waals surface area contributed by atoms with E-state index in [0.29, 0.717) is 17.1 Å². The second-order valence-electron chi connectivity index (χ2n) is 6.88. The van der Waals surface area contributed by atoms with Crippen LogP contribution in [-0.4, -0.2) is 89.3 Å². The number of carboxylic acid groups (broad SMARTS) is 1. The number of aliphatic carboxylic acids is 1. The van der Waals surface area contributed by atoms with Gasteiger partial charge >= 0.3 is 5.97 Å². The highest BCUT2D eigenvalue weighted by Gasteiger charge is 2.54. The van der Waals surface area contributed by atoms with Gasteiger partial charge in [0, 0.05) is 28.8 Å². The number of β-lactam (4-membered cyclic amide) rings is 1. The molecule has 0 spiro atoms. The lowest BCUT2D eigenvalue weighted by atomic mass is 10.0. The molecule has 2 aliphatic heterocycles. The van der Waals surface area contributed by atoms with Gasteiger partial charge in [-0.15, -0.1) is 22.0 Å². The van der Waals surface area contributed by atoms with E-state index in [4.69, 9.17) is 10.6 Å². The first kappa shape index (κ1) is 25.7. The first-order valence-electron chi connectivity index (χ1n) is 9.69. The average molecular weight is 575 g/mol. The molecule has 2 amide bonds. The number of aromatic nitrogens is 4. The minimum absolute atomic E-state index is 0.0328. The number of nitrogens with two attached hydrogens (primary N) is 1. The van der Waals surface area contributed by atoms with Crippen molar-refractivity contribution >= 4 is 86.8 Å². The number of nitrogens with one attached hydrogen (secondary N) is 1. The third-order valence-electron chi connectivity index (χ3n) is 4.67. The minimum Gasteiger partial charge on any atom is -0.477 e. The topological polar surface area (TPSA) is 186 Å². The molecule has 0 radical (unpaired) electrons. The van der Waals surface area contributed by atoms with E-state index >= 15 is 0 Å². The quantitative estimate of drug-likeness (QED) is 0.156. The van der Waals surface area contributed by atoms with Gasteiger partial charge in [-0.3, -0.25) is 14.5 Å². The highest BCUT2D eigenvalue weighted by atomic mass is 32.2. The summed E-state index contributed by atoms with van der Waals surface area (Å²) in [6, 6.07) is -0.939. The molecule has 1 saturated heterocycles. The van der Waals surface area contributed by atoms with Gasteiger partial charge in [0.15, 0.2) is 9.47 Å². The van der Waals surface area contributed by atoms with Crippen molar-refractivity contribution in [1.82, 2.24) is 29.8 Å². The Bertz CT molecular complexity index is 1210. The van der Waals surface area contributed by atoms with E-state index in [1.807, 2.05) is 6.26 Å². The Balaban J connectivity index is 1.46. The molecule has 1 fully saturated rings. The Morgan fingerprint density at radius 1 is 1.37 bits per heavy atom. The number of carboxylic acids is 1. The van der Waals surface area contributed by atoms with Crippen LogP contribution in [-0.2, 0) is 25.0 Å². The SMILES string of the molecule is CON=C(C(=O)NC1C(=O)N2C(C(=O)O)=C(CSc3nnc(CSC)s3)CS[C@H]12)c1nsc(N)n1. The molecule has 2 aromatic heterocycles.